The topological polar surface area (TPSA) is 50.8 Å². The molecule has 5 nitrogen and oxygen atoms in total. The van der Waals surface area contributed by atoms with Crippen molar-refractivity contribution in [3.63, 3.8) is 0 Å². The van der Waals surface area contributed by atoms with Gasteiger partial charge >= 0.3 is 0 Å². The molecule has 0 spiro atoms. The van der Waals surface area contributed by atoms with Gasteiger partial charge in [0.2, 0.25) is 5.91 Å². The highest BCUT2D eigenvalue weighted by atomic mass is 16.5. The number of hydrogen-bond acceptors (Lipinski definition) is 4. The molecule has 0 radical (unpaired) electrons. The Labute approximate surface area is 175 Å². The zero-order valence-electron chi connectivity index (χ0n) is 18.2. The van der Waals surface area contributed by atoms with Crippen molar-refractivity contribution >= 4 is 5.91 Å². The number of carbonyl (C=O) groups is 1. The van der Waals surface area contributed by atoms with Crippen LogP contribution in [0.2, 0.25) is 0 Å². The van der Waals surface area contributed by atoms with E-state index in [1.54, 1.807) is 12.0 Å². The molecule has 0 aliphatic carbocycles. The van der Waals surface area contributed by atoms with E-state index in [4.69, 9.17) is 9.47 Å². The number of ether oxygens (including phenoxy) is 2. The summed E-state index contributed by atoms with van der Waals surface area (Å²) in [5.74, 6) is 1.65. The van der Waals surface area contributed by atoms with Gasteiger partial charge in [0.1, 0.15) is 11.5 Å². The number of aryl methyl sites for hydroxylation is 2. The molecule has 2 aromatic carbocycles. The molecule has 0 fully saturated rings. The lowest BCUT2D eigenvalue weighted by Gasteiger charge is -2.18. The van der Waals surface area contributed by atoms with Gasteiger partial charge in [-0.25, -0.2) is 0 Å². The molecule has 0 unspecified atom stereocenters. The standard InChI is InChI=1S/C24H34N2O3/c1-5-29-23-16-22(28-4)13-12-21(23)17-25-18-24(27)26(3)14-7-6-10-20-11-8-9-19(2)15-20/h8-9,11-13,15-16,25H,5-7,10,14,17-18H2,1-4H3. The van der Waals surface area contributed by atoms with E-state index in [2.05, 4.69) is 36.5 Å². The number of unbranched alkanes of at least 4 members (excludes halogenated alkanes) is 1. The Hall–Kier alpha value is -2.53. The molecule has 0 aromatic heterocycles. The van der Waals surface area contributed by atoms with Crippen LogP contribution >= 0.6 is 0 Å². The van der Waals surface area contributed by atoms with E-state index in [0.717, 1.165) is 42.9 Å². The van der Waals surface area contributed by atoms with Crippen LogP contribution in [-0.2, 0) is 17.8 Å². The van der Waals surface area contributed by atoms with Crippen molar-refractivity contribution in [3.05, 3.63) is 59.2 Å². The molecule has 158 valence electrons. The van der Waals surface area contributed by atoms with Gasteiger partial charge in [0, 0.05) is 31.8 Å². The summed E-state index contributed by atoms with van der Waals surface area (Å²) in [5.41, 5.74) is 3.68. The van der Waals surface area contributed by atoms with E-state index in [1.165, 1.54) is 11.1 Å². The number of methoxy groups -OCH3 is 1. The van der Waals surface area contributed by atoms with Crippen LogP contribution in [0.5, 0.6) is 11.5 Å². The van der Waals surface area contributed by atoms with Gasteiger partial charge in [-0.05, 0) is 44.7 Å². The van der Waals surface area contributed by atoms with Gasteiger partial charge < -0.3 is 19.7 Å². The summed E-state index contributed by atoms with van der Waals surface area (Å²) in [6, 6.07) is 14.4. The number of amides is 1. The van der Waals surface area contributed by atoms with Crippen molar-refractivity contribution in [1.29, 1.82) is 0 Å². The van der Waals surface area contributed by atoms with Crippen molar-refractivity contribution in [3.8, 4) is 11.5 Å². The van der Waals surface area contributed by atoms with E-state index in [0.29, 0.717) is 19.7 Å². The smallest absolute Gasteiger partial charge is 0.236 e. The van der Waals surface area contributed by atoms with Crippen LogP contribution in [0.15, 0.2) is 42.5 Å². The van der Waals surface area contributed by atoms with Crippen LogP contribution < -0.4 is 14.8 Å². The van der Waals surface area contributed by atoms with Crippen molar-refractivity contribution in [2.45, 2.75) is 39.7 Å². The lowest BCUT2D eigenvalue weighted by atomic mass is 10.1. The third kappa shape index (κ3) is 7.78. The highest BCUT2D eigenvalue weighted by Crippen LogP contribution is 2.24. The molecular weight excluding hydrogens is 364 g/mol. The van der Waals surface area contributed by atoms with Crippen molar-refractivity contribution in [2.75, 3.05) is 33.9 Å². The second-order valence-corrected chi connectivity index (χ2v) is 7.27. The molecule has 29 heavy (non-hydrogen) atoms. The third-order valence-electron chi connectivity index (χ3n) is 4.88. The Morgan fingerprint density at radius 1 is 1.14 bits per heavy atom. The second-order valence-electron chi connectivity index (χ2n) is 7.27. The van der Waals surface area contributed by atoms with Crippen molar-refractivity contribution in [1.82, 2.24) is 10.2 Å². The number of likely N-dealkylation sites (N-methyl/N-ethyl adjacent to an activating group) is 1. The number of rotatable bonds is 12. The molecule has 1 N–H and O–H groups in total. The van der Waals surface area contributed by atoms with E-state index in [9.17, 15) is 4.79 Å². The molecular formula is C24H34N2O3. The molecule has 0 aliphatic rings. The summed E-state index contributed by atoms with van der Waals surface area (Å²) in [5, 5.41) is 3.23. The number of nitrogens with zero attached hydrogens (tertiary/aromatic N) is 1. The quantitative estimate of drug-likeness (QED) is 0.550. The van der Waals surface area contributed by atoms with Gasteiger partial charge in [-0.1, -0.05) is 35.9 Å². The highest BCUT2D eigenvalue weighted by molar-refractivity contribution is 5.77. The van der Waals surface area contributed by atoms with Gasteiger partial charge in [0.15, 0.2) is 0 Å². The molecule has 0 saturated heterocycles. The first-order valence-corrected chi connectivity index (χ1v) is 10.3. The molecule has 0 bridgehead atoms. The number of carbonyl (C=O) groups excluding carboxylic acids is 1. The number of nitrogens with one attached hydrogen (secondary N) is 1. The van der Waals surface area contributed by atoms with Gasteiger partial charge in [-0.2, -0.15) is 0 Å². The summed E-state index contributed by atoms with van der Waals surface area (Å²) >= 11 is 0. The summed E-state index contributed by atoms with van der Waals surface area (Å²) in [6.45, 7) is 6.32. The minimum atomic E-state index is 0.104. The fourth-order valence-electron chi connectivity index (χ4n) is 3.21. The van der Waals surface area contributed by atoms with Crippen LogP contribution in [0.25, 0.3) is 0 Å². The first kappa shape index (κ1) is 22.8. The maximum absolute atomic E-state index is 12.4. The maximum Gasteiger partial charge on any atom is 0.236 e. The first-order chi connectivity index (χ1) is 14.0. The van der Waals surface area contributed by atoms with Gasteiger partial charge in [0.05, 0.1) is 20.3 Å². The van der Waals surface area contributed by atoms with Crippen LogP contribution in [0.1, 0.15) is 36.5 Å². The highest BCUT2D eigenvalue weighted by Gasteiger charge is 2.10. The SMILES string of the molecule is CCOc1cc(OC)ccc1CNCC(=O)N(C)CCCCc1cccc(C)c1. The molecule has 5 heteroatoms. The van der Waals surface area contributed by atoms with Crippen LogP contribution in [-0.4, -0.2) is 44.7 Å². The van der Waals surface area contributed by atoms with E-state index >= 15 is 0 Å². The van der Waals surface area contributed by atoms with Gasteiger partial charge in [-0.15, -0.1) is 0 Å². The van der Waals surface area contributed by atoms with Crippen molar-refractivity contribution < 1.29 is 14.3 Å². The molecule has 0 saturated carbocycles. The third-order valence-corrected chi connectivity index (χ3v) is 4.88. The Morgan fingerprint density at radius 3 is 2.69 bits per heavy atom. The minimum Gasteiger partial charge on any atom is -0.497 e. The normalized spacial score (nSPS) is 10.6. The molecule has 2 rings (SSSR count). The predicted octanol–water partition coefficient (Wildman–Crippen LogP) is 3.97. The molecule has 0 atom stereocenters. The Kier molecular flexibility index (Phi) is 9.51. The van der Waals surface area contributed by atoms with Crippen LogP contribution in [0, 0.1) is 6.92 Å². The molecule has 1 amide bonds. The summed E-state index contributed by atoms with van der Waals surface area (Å²) < 4.78 is 10.9. The van der Waals surface area contributed by atoms with Crippen molar-refractivity contribution in [2.24, 2.45) is 0 Å². The largest absolute Gasteiger partial charge is 0.497 e. The Morgan fingerprint density at radius 2 is 1.97 bits per heavy atom. The lowest BCUT2D eigenvalue weighted by molar-refractivity contribution is -0.129. The molecule has 0 heterocycles. The molecule has 0 aliphatic heterocycles. The summed E-state index contributed by atoms with van der Waals surface area (Å²) in [7, 11) is 3.51. The van der Waals surface area contributed by atoms with E-state index < -0.39 is 0 Å². The van der Waals surface area contributed by atoms with E-state index in [1.807, 2.05) is 32.2 Å². The fourth-order valence-corrected chi connectivity index (χ4v) is 3.21. The number of hydrogen-bond donors (Lipinski definition) is 1. The first-order valence-electron chi connectivity index (χ1n) is 10.3. The van der Waals surface area contributed by atoms with Crippen LogP contribution in [0.3, 0.4) is 0 Å². The van der Waals surface area contributed by atoms with Gasteiger partial charge in [-0.3, -0.25) is 4.79 Å². The summed E-state index contributed by atoms with van der Waals surface area (Å²) in [4.78, 5) is 14.2. The average Bonchev–Trinajstić information content (AvgIpc) is 2.72. The monoisotopic (exact) mass is 398 g/mol. The average molecular weight is 399 g/mol. The zero-order valence-corrected chi connectivity index (χ0v) is 18.2. The zero-order chi connectivity index (χ0) is 21.1. The minimum absolute atomic E-state index is 0.104. The Balaban J connectivity index is 1.70. The van der Waals surface area contributed by atoms with E-state index in [-0.39, 0.29) is 5.91 Å². The van der Waals surface area contributed by atoms with Crippen LogP contribution in [0.4, 0.5) is 0 Å². The predicted molar refractivity (Wildman–Crippen MR) is 118 cm³/mol. The Bertz CT molecular complexity index is 776. The second kappa shape index (κ2) is 12.1. The van der Waals surface area contributed by atoms with Gasteiger partial charge in [0.25, 0.3) is 0 Å². The molecule has 2 aromatic rings. The summed E-state index contributed by atoms with van der Waals surface area (Å²) in [6.07, 6.45) is 3.14. The number of benzene rings is 2. The fraction of sp³-hybridized carbons (Fsp3) is 0.458. The maximum atomic E-state index is 12.4. The lowest BCUT2D eigenvalue weighted by Crippen LogP contribution is -2.36.